The van der Waals surface area contributed by atoms with Crippen LogP contribution < -0.4 is 5.32 Å². The molecule has 0 aromatic rings. The minimum absolute atomic E-state index is 0.115. The first-order valence-corrected chi connectivity index (χ1v) is 4.42. The van der Waals surface area contributed by atoms with Crippen LogP contribution >= 0.6 is 0 Å². The summed E-state index contributed by atoms with van der Waals surface area (Å²) in [7, 11) is 0. The maximum absolute atomic E-state index is 11.4. The van der Waals surface area contributed by atoms with Gasteiger partial charge in [0.05, 0.1) is 0 Å². The van der Waals surface area contributed by atoms with E-state index in [1.807, 2.05) is 0 Å². The minimum atomic E-state index is -0.492. The van der Waals surface area contributed by atoms with E-state index in [4.69, 9.17) is 0 Å². The number of hydrogen-bond donors (Lipinski definition) is 1. The van der Waals surface area contributed by atoms with Crippen LogP contribution in [0.1, 0.15) is 0 Å². The smallest absolute Gasteiger partial charge is 0.271 e. The van der Waals surface area contributed by atoms with Crippen LogP contribution in [-0.2, 0) is 4.79 Å². The van der Waals surface area contributed by atoms with Gasteiger partial charge in [0.1, 0.15) is 5.70 Å². The van der Waals surface area contributed by atoms with E-state index >= 15 is 0 Å². The lowest BCUT2D eigenvalue weighted by molar-refractivity contribution is -0.116. The van der Waals surface area contributed by atoms with Crippen molar-refractivity contribution in [2.75, 3.05) is 13.1 Å². The molecular formula is C10H13N3O2. The summed E-state index contributed by atoms with van der Waals surface area (Å²) in [5, 5.41) is 4.97. The Hall–Kier alpha value is -1.88. The molecule has 5 heteroatoms. The maximum Gasteiger partial charge on any atom is 0.343 e. The van der Waals surface area contributed by atoms with E-state index in [0.29, 0.717) is 13.1 Å². The van der Waals surface area contributed by atoms with Crippen LogP contribution in [0.4, 0.5) is 4.79 Å². The summed E-state index contributed by atoms with van der Waals surface area (Å²) in [4.78, 5) is 22.6. The van der Waals surface area contributed by atoms with Gasteiger partial charge in [0.15, 0.2) is 0 Å². The molecule has 1 rings (SSSR count). The molecule has 0 aromatic carbocycles. The van der Waals surface area contributed by atoms with E-state index in [1.165, 1.54) is 5.01 Å². The average molecular weight is 207 g/mol. The van der Waals surface area contributed by atoms with Crippen LogP contribution in [0.25, 0.3) is 0 Å². The monoisotopic (exact) mass is 207 g/mol. The van der Waals surface area contributed by atoms with E-state index in [2.05, 4.69) is 25.1 Å². The Labute approximate surface area is 88.3 Å². The van der Waals surface area contributed by atoms with E-state index < -0.39 is 11.9 Å². The average Bonchev–Trinajstić information content (AvgIpc) is 2.41. The fourth-order valence-electron chi connectivity index (χ4n) is 1.28. The highest BCUT2D eigenvalue weighted by molar-refractivity contribution is 6.11. The topological polar surface area (TPSA) is 52.6 Å². The van der Waals surface area contributed by atoms with Gasteiger partial charge >= 0.3 is 6.03 Å². The predicted octanol–water partition coefficient (Wildman–Crippen LogP) is 0.641. The van der Waals surface area contributed by atoms with Crippen LogP contribution in [0.3, 0.4) is 0 Å². The van der Waals surface area contributed by atoms with E-state index in [9.17, 15) is 9.59 Å². The van der Waals surface area contributed by atoms with E-state index in [0.717, 1.165) is 0 Å². The quantitative estimate of drug-likeness (QED) is 0.409. The van der Waals surface area contributed by atoms with Crippen molar-refractivity contribution in [3.05, 3.63) is 37.6 Å². The highest BCUT2D eigenvalue weighted by Crippen LogP contribution is 2.13. The second-order valence-electron chi connectivity index (χ2n) is 2.97. The summed E-state index contributed by atoms with van der Waals surface area (Å²) >= 11 is 0. The summed E-state index contributed by atoms with van der Waals surface area (Å²) < 4.78 is 0. The summed E-state index contributed by atoms with van der Waals surface area (Å²) in [5.41, 5.74) is 0.115. The zero-order valence-electron chi connectivity index (χ0n) is 8.40. The van der Waals surface area contributed by atoms with Gasteiger partial charge in [0.25, 0.3) is 5.91 Å². The first-order valence-electron chi connectivity index (χ1n) is 4.42. The van der Waals surface area contributed by atoms with E-state index in [1.54, 1.807) is 17.2 Å². The Morgan fingerprint density at radius 3 is 2.13 bits per heavy atom. The second kappa shape index (κ2) is 4.56. The Kier molecular flexibility index (Phi) is 3.41. The van der Waals surface area contributed by atoms with Gasteiger partial charge in [-0.2, -0.15) is 0 Å². The molecule has 1 aliphatic rings. The normalized spacial score (nSPS) is 15.8. The van der Waals surface area contributed by atoms with Gasteiger partial charge < -0.3 is 0 Å². The second-order valence-corrected chi connectivity index (χ2v) is 2.97. The molecule has 1 saturated heterocycles. The van der Waals surface area contributed by atoms with Crippen molar-refractivity contribution in [1.82, 2.24) is 15.3 Å². The van der Waals surface area contributed by atoms with Crippen molar-refractivity contribution < 1.29 is 9.59 Å². The van der Waals surface area contributed by atoms with E-state index in [-0.39, 0.29) is 5.70 Å². The van der Waals surface area contributed by atoms with Gasteiger partial charge in [-0.15, -0.1) is 13.2 Å². The van der Waals surface area contributed by atoms with Crippen molar-refractivity contribution >= 4 is 11.9 Å². The zero-order chi connectivity index (χ0) is 11.4. The van der Waals surface area contributed by atoms with Gasteiger partial charge in [-0.1, -0.05) is 18.7 Å². The molecule has 0 unspecified atom stereocenters. The lowest BCUT2D eigenvalue weighted by Gasteiger charge is -2.28. The van der Waals surface area contributed by atoms with Crippen molar-refractivity contribution in [2.24, 2.45) is 0 Å². The Morgan fingerprint density at radius 1 is 1.27 bits per heavy atom. The van der Waals surface area contributed by atoms with Crippen molar-refractivity contribution in [1.29, 1.82) is 0 Å². The van der Waals surface area contributed by atoms with Crippen molar-refractivity contribution in [3.8, 4) is 0 Å². The number of nitrogens with one attached hydrogen (secondary N) is 1. The fraction of sp³-hybridized carbons (Fsp3) is 0.200. The van der Waals surface area contributed by atoms with Crippen molar-refractivity contribution in [3.63, 3.8) is 0 Å². The first kappa shape index (κ1) is 11.2. The predicted molar refractivity (Wildman–Crippen MR) is 56.5 cm³/mol. The standard InChI is InChI=1S/C10H13N3O2/c1-4-6-12(7-5-2)13-8(3)9(14)11-10(13)15/h4-5H,1-3,6-7H2,(H,11,14,15). The molecule has 1 N–H and O–H groups in total. The Morgan fingerprint density at radius 2 is 1.80 bits per heavy atom. The van der Waals surface area contributed by atoms with Gasteiger partial charge in [-0.05, 0) is 0 Å². The molecule has 0 aromatic heterocycles. The molecule has 5 nitrogen and oxygen atoms in total. The number of hydrogen-bond acceptors (Lipinski definition) is 3. The third kappa shape index (κ3) is 2.13. The van der Waals surface area contributed by atoms with Crippen molar-refractivity contribution in [2.45, 2.75) is 0 Å². The van der Waals surface area contributed by atoms with Gasteiger partial charge in [0.2, 0.25) is 0 Å². The summed E-state index contributed by atoms with van der Waals surface area (Å²) in [6.07, 6.45) is 3.26. The number of rotatable bonds is 5. The molecular weight excluding hydrogens is 194 g/mol. The number of imide groups is 1. The SMILES string of the molecule is C=CCN(CC=C)N1C(=C)C(=O)NC1=O. The summed E-state index contributed by atoms with van der Waals surface area (Å²) in [5.74, 6) is -0.474. The number of hydrazine groups is 1. The highest BCUT2D eigenvalue weighted by Gasteiger charge is 2.34. The number of carbonyl (C=O) groups excluding carboxylic acids is 2. The van der Waals surface area contributed by atoms with Gasteiger partial charge in [-0.25, -0.2) is 14.8 Å². The molecule has 15 heavy (non-hydrogen) atoms. The summed E-state index contributed by atoms with van der Waals surface area (Å²) in [6, 6.07) is -0.492. The lowest BCUT2D eigenvalue weighted by Crippen LogP contribution is -2.43. The zero-order valence-corrected chi connectivity index (χ0v) is 8.40. The molecule has 0 atom stereocenters. The van der Waals surface area contributed by atoms with Crippen LogP contribution in [0, 0.1) is 0 Å². The lowest BCUT2D eigenvalue weighted by atomic mass is 10.4. The number of nitrogens with zero attached hydrogens (tertiary/aromatic N) is 2. The maximum atomic E-state index is 11.4. The molecule has 1 aliphatic heterocycles. The molecule has 1 heterocycles. The van der Waals surface area contributed by atoms with Crippen LogP contribution in [0.5, 0.6) is 0 Å². The Bertz CT molecular complexity index is 326. The summed E-state index contributed by atoms with van der Waals surface area (Å²) in [6.45, 7) is 11.6. The minimum Gasteiger partial charge on any atom is -0.271 e. The third-order valence-corrected chi connectivity index (χ3v) is 1.89. The van der Waals surface area contributed by atoms with Gasteiger partial charge in [-0.3, -0.25) is 10.1 Å². The molecule has 0 aliphatic carbocycles. The molecule has 0 spiro atoms. The van der Waals surface area contributed by atoms with Crippen LogP contribution in [-0.4, -0.2) is 35.0 Å². The molecule has 0 saturated carbocycles. The number of amides is 3. The number of urea groups is 1. The molecule has 0 radical (unpaired) electrons. The fourth-order valence-corrected chi connectivity index (χ4v) is 1.28. The first-order chi connectivity index (χ1) is 7.11. The Balaban J connectivity index is 2.86. The third-order valence-electron chi connectivity index (χ3n) is 1.89. The molecule has 1 fully saturated rings. The molecule has 0 bridgehead atoms. The van der Waals surface area contributed by atoms with Crippen LogP contribution in [0.2, 0.25) is 0 Å². The van der Waals surface area contributed by atoms with Crippen LogP contribution in [0.15, 0.2) is 37.6 Å². The molecule has 3 amide bonds. The largest absolute Gasteiger partial charge is 0.343 e. The molecule has 80 valence electrons. The highest BCUT2D eigenvalue weighted by atomic mass is 16.2. The number of carbonyl (C=O) groups is 2. The van der Waals surface area contributed by atoms with Gasteiger partial charge in [0, 0.05) is 13.1 Å².